The molecular weight excluding hydrogens is 326 g/mol. The molecule has 7 heteroatoms. The summed E-state index contributed by atoms with van der Waals surface area (Å²) in [6.07, 6.45) is 1.64. The molecule has 104 valence electrons. The second kappa shape index (κ2) is 5.54. The molecule has 1 aliphatic heterocycles. The van der Waals surface area contributed by atoms with E-state index >= 15 is 0 Å². The van der Waals surface area contributed by atoms with Crippen LogP contribution in [0.4, 0.5) is 5.95 Å². The first-order valence-corrected chi connectivity index (χ1v) is 6.75. The monoisotopic (exact) mass is 337 g/mol. The summed E-state index contributed by atoms with van der Waals surface area (Å²) in [6, 6.07) is 5.77. The molecule has 0 radical (unpaired) electrons. The molecule has 1 aromatic heterocycles. The molecule has 0 atom stereocenters. The lowest BCUT2D eigenvalue weighted by Crippen LogP contribution is -2.05. The quantitative estimate of drug-likeness (QED) is 0.924. The van der Waals surface area contributed by atoms with E-state index in [9.17, 15) is 0 Å². The summed E-state index contributed by atoms with van der Waals surface area (Å²) in [7, 11) is 1.56. The molecule has 2 heterocycles. The van der Waals surface area contributed by atoms with Gasteiger partial charge in [-0.2, -0.15) is 4.98 Å². The van der Waals surface area contributed by atoms with E-state index < -0.39 is 0 Å². The van der Waals surface area contributed by atoms with Crippen LogP contribution in [0.2, 0.25) is 0 Å². The van der Waals surface area contributed by atoms with Gasteiger partial charge in [-0.15, -0.1) is 0 Å². The number of halogens is 1. The Labute approximate surface area is 124 Å². The molecule has 0 bridgehead atoms. The predicted octanol–water partition coefficient (Wildman–Crippen LogP) is 2.59. The van der Waals surface area contributed by atoms with Crippen LogP contribution in [0.25, 0.3) is 0 Å². The van der Waals surface area contributed by atoms with E-state index in [-0.39, 0.29) is 6.79 Å². The Morgan fingerprint density at radius 2 is 2.30 bits per heavy atom. The van der Waals surface area contributed by atoms with Crippen molar-refractivity contribution in [3.63, 3.8) is 0 Å². The third-order valence-electron chi connectivity index (χ3n) is 2.82. The van der Waals surface area contributed by atoms with Gasteiger partial charge in [0.15, 0.2) is 11.5 Å². The van der Waals surface area contributed by atoms with Crippen molar-refractivity contribution < 1.29 is 14.2 Å². The number of nitrogens with zero attached hydrogens (tertiary/aromatic N) is 2. The zero-order valence-electron chi connectivity index (χ0n) is 10.7. The summed E-state index contributed by atoms with van der Waals surface area (Å²) in [5.74, 6) is 2.50. The third kappa shape index (κ3) is 2.49. The molecule has 0 aliphatic carbocycles. The number of aromatic nitrogens is 2. The first kappa shape index (κ1) is 13.0. The van der Waals surface area contributed by atoms with Crippen molar-refractivity contribution in [3.8, 4) is 17.4 Å². The Morgan fingerprint density at radius 1 is 1.40 bits per heavy atom. The number of benzene rings is 1. The summed E-state index contributed by atoms with van der Waals surface area (Å²) < 4.78 is 16.6. The normalized spacial score (nSPS) is 12.3. The average Bonchev–Trinajstić information content (AvgIpc) is 2.95. The molecule has 1 N–H and O–H groups in total. The van der Waals surface area contributed by atoms with Gasteiger partial charge in [0.05, 0.1) is 17.8 Å². The van der Waals surface area contributed by atoms with Crippen molar-refractivity contribution in [3.05, 3.63) is 34.4 Å². The number of hydrogen-bond donors (Lipinski definition) is 1. The van der Waals surface area contributed by atoms with Gasteiger partial charge in [-0.05, 0) is 22.0 Å². The van der Waals surface area contributed by atoms with E-state index in [0.29, 0.717) is 22.8 Å². The predicted molar refractivity (Wildman–Crippen MR) is 76.2 cm³/mol. The lowest BCUT2D eigenvalue weighted by Gasteiger charge is -2.09. The molecule has 2 aromatic rings. The summed E-state index contributed by atoms with van der Waals surface area (Å²) in [5, 5.41) is 3.13. The van der Waals surface area contributed by atoms with Crippen LogP contribution in [0, 0.1) is 0 Å². The van der Waals surface area contributed by atoms with Crippen LogP contribution >= 0.6 is 15.9 Å². The molecule has 0 saturated carbocycles. The Balaban J connectivity index is 1.75. The molecule has 0 amide bonds. The second-order valence-electron chi connectivity index (χ2n) is 4.06. The topological polar surface area (TPSA) is 65.5 Å². The van der Waals surface area contributed by atoms with Crippen molar-refractivity contribution in [2.24, 2.45) is 0 Å². The first-order chi connectivity index (χ1) is 9.78. The van der Waals surface area contributed by atoms with E-state index in [4.69, 9.17) is 14.2 Å². The fourth-order valence-corrected chi connectivity index (χ4v) is 2.24. The average molecular weight is 338 g/mol. The van der Waals surface area contributed by atoms with Gasteiger partial charge in [-0.3, -0.25) is 0 Å². The fraction of sp³-hybridized carbons (Fsp3) is 0.231. The Hall–Kier alpha value is -2.02. The van der Waals surface area contributed by atoms with Gasteiger partial charge >= 0.3 is 0 Å². The van der Waals surface area contributed by atoms with Gasteiger partial charge in [-0.25, -0.2) is 4.98 Å². The second-order valence-corrected chi connectivity index (χ2v) is 4.91. The SMILES string of the molecule is COc1nc(NCc2cccc3c2OCO3)ncc1Br. The largest absolute Gasteiger partial charge is 0.480 e. The molecule has 0 spiro atoms. The van der Waals surface area contributed by atoms with Crippen molar-refractivity contribution in [1.29, 1.82) is 0 Å². The van der Waals surface area contributed by atoms with Gasteiger partial charge in [-0.1, -0.05) is 12.1 Å². The molecular formula is C13H12BrN3O3. The minimum absolute atomic E-state index is 0.259. The van der Waals surface area contributed by atoms with Crippen molar-refractivity contribution >= 4 is 21.9 Å². The number of fused-ring (bicyclic) bond motifs is 1. The van der Waals surface area contributed by atoms with Crippen molar-refractivity contribution in [1.82, 2.24) is 9.97 Å². The lowest BCUT2D eigenvalue weighted by molar-refractivity contribution is 0.173. The standard InChI is InChI=1S/C13H12BrN3O3/c1-18-12-9(14)6-16-13(17-12)15-5-8-3-2-4-10-11(8)20-7-19-10/h2-4,6H,5,7H2,1H3,(H,15,16,17). The minimum Gasteiger partial charge on any atom is -0.480 e. The van der Waals surface area contributed by atoms with E-state index in [0.717, 1.165) is 17.1 Å². The maximum atomic E-state index is 5.45. The zero-order chi connectivity index (χ0) is 13.9. The molecule has 3 rings (SSSR count). The molecule has 6 nitrogen and oxygen atoms in total. The zero-order valence-corrected chi connectivity index (χ0v) is 12.3. The number of methoxy groups -OCH3 is 1. The highest BCUT2D eigenvalue weighted by Crippen LogP contribution is 2.35. The van der Waals surface area contributed by atoms with Crippen LogP contribution in [0.15, 0.2) is 28.9 Å². The highest BCUT2D eigenvalue weighted by atomic mass is 79.9. The fourth-order valence-electron chi connectivity index (χ4n) is 1.88. The molecule has 20 heavy (non-hydrogen) atoms. The Kier molecular flexibility index (Phi) is 3.60. The molecule has 0 unspecified atom stereocenters. The first-order valence-electron chi connectivity index (χ1n) is 5.96. The molecule has 0 fully saturated rings. The summed E-state index contributed by atoms with van der Waals surface area (Å²) in [5.41, 5.74) is 0.991. The van der Waals surface area contributed by atoms with Gasteiger partial charge < -0.3 is 19.5 Å². The Morgan fingerprint density at radius 3 is 3.15 bits per heavy atom. The third-order valence-corrected chi connectivity index (χ3v) is 3.36. The number of hydrogen-bond acceptors (Lipinski definition) is 6. The van der Waals surface area contributed by atoms with Crippen molar-refractivity contribution in [2.45, 2.75) is 6.54 Å². The van der Waals surface area contributed by atoms with Crippen LogP contribution in [-0.4, -0.2) is 23.9 Å². The van der Waals surface area contributed by atoms with Crippen LogP contribution < -0.4 is 19.5 Å². The molecule has 1 aliphatic rings. The smallest absolute Gasteiger partial charge is 0.232 e. The number of nitrogens with one attached hydrogen (secondary N) is 1. The van der Waals surface area contributed by atoms with Gasteiger partial charge in [0.2, 0.25) is 18.6 Å². The van der Waals surface area contributed by atoms with E-state index in [1.807, 2.05) is 18.2 Å². The lowest BCUT2D eigenvalue weighted by atomic mass is 10.2. The van der Waals surface area contributed by atoms with Crippen LogP contribution in [-0.2, 0) is 6.54 Å². The Bertz CT molecular complexity index is 636. The summed E-state index contributed by atoms with van der Waals surface area (Å²) in [4.78, 5) is 8.41. The van der Waals surface area contributed by atoms with Crippen LogP contribution in [0.3, 0.4) is 0 Å². The van der Waals surface area contributed by atoms with Gasteiger partial charge in [0.25, 0.3) is 0 Å². The van der Waals surface area contributed by atoms with Gasteiger partial charge in [0, 0.05) is 12.1 Å². The highest BCUT2D eigenvalue weighted by molar-refractivity contribution is 9.10. The number of ether oxygens (including phenoxy) is 3. The van der Waals surface area contributed by atoms with Gasteiger partial charge in [0.1, 0.15) is 0 Å². The molecule has 0 saturated heterocycles. The maximum absolute atomic E-state index is 5.45. The van der Waals surface area contributed by atoms with E-state index in [2.05, 4.69) is 31.2 Å². The highest BCUT2D eigenvalue weighted by Gasteiger charge is 2.17. The maximum Gasteiger partial charge on any atom is 0.232 e. The van der Waals surface area contributed by atoms with Crippen LogP contribution in [0.5, 0.6) is 17.4 Å². The van der Waals surface area contributed by atoms with Crippen molar-refractivity contribution in [2.75, 3.05) is 19.2 Å². The summed E-state index contributed by atoms with van der Waals surface area (Å²) >= 11 is 3.31. The number of anilines is 1. The van der Waals surface area contributed by atoms with E-state index in [1.54, 1.807) is 13.3 Å². The minimum atomic E-state index is 0.259. The van der Waals surface area contributed by atoms with Crippen LogP contribution in [0.1, 0.15) is 5.56 Å². The van der Waals surface area contributed by atoms with E-state index in [1.165, 1.54) is 0 Å². The number of rotatable bonds is 4. The molecule has 1 aromatic carbocycles. The number of para-hydroxylation sites is 1. The summed E-state index contributed by atoms with van der Waals surface area (Å²) in [6.45, 7) is 0.798.